The monoisotopic (exact) mass is 366 g/mol. The predicted molar refractivity (Wildman–Crippen MR) is 118 cm³/mol. The first kappa shape index (κ1) is 21.7. The maximum atomic E-state index is 6.54. The summed E-state index contributed by atoms with van der Waals surface area (Å²) in [7, 11) is 0. The first-order valence-corrected chi connectivity index (χ1v) is 11.0. The van der Waals surface area contributed by atoms with Crippen molar-refractivity contribution in [1.29, 1.82) is 0 Å². The van der Waals surface area contributed by atoms with Gasteiger partial charge in [-0.1, -0.05) is 76.2 Å². The molecule has 0 spiro atoms. The molecule has 1 heteroatoms. The Kier molecular flexibility index (Phi) is 9.62. The maximum absolute atomic E-state index is 6.54. The Morgan fingerprint density at radius 2 is 0.963 bits per heavy atom. The number of rotatable bonds is 12. The van der Waals surface area contributed by atoms with Crippen LogP contribution in [0.5, 0.6) is 0 Å². The van der Waals surface area contributed by atoms with Gasteiger partial charge in [-0.05, 0) is 73.6 Å². The van der Waals surface area contributed by atoms with Gasteiger partial charge in [0.05, 0.1) is 12.2 Å². The van der Waals surface area contributed by atoms with E-state index in [0.717, 1.165) is 51.4 Å². The molecule has 0 N–H and O–H groups in total. The summed E-state index contributed by atoms with van der Waals surface area (Å²) in [4.78, 5) is 0. The molecule has 2 atom stereocenters. The summed E-state index contributed by atoms with van der Waals surface area (Å²) in [6.07, 6.45) is 9.62. The lowest BCUT2D eigenvalue weighted by Crippen LogP contribution is -2.23. The van der Waals surface area contributed by atoms with Gasteiger partial charge in [-0.3, -0.25) is 0 Å². The zero-order valence-electron chi connectivity index (χ0n) is 17.8. The molecule has 0 aliphatic heterocycles. The first-order chi connectivity index (χ1) is 13.2. The van der Waals surface area contributed by atoms with Gasteiger partial charge in [0.15, 0.2) is 0 Å². The molecule has 0 fully saturated rings. The minimum Gasteiger partial charge on any atom is -0.375 e. The van der Waals surface area contributed by atoms with Crippen molar-refractivity contribution in [2.75, 3.05) is 0 Å². The number of aryl methyl sites for hydroxylation is 4. The lowest BCUT2D eigenvalue weighted by molar-refractivity contribution is -0.0232. The second-order valence-electron chi connectivity index (χ2n) is 7.52. The fourth-order valence-corrected chi connectivity index (χ4v) is 3.93. The zero-order valence-corrected chi connectivity index (χ0v) is 17.8. The molecule has 0 aliphatic rings. The molecule has 0 radical (unpaired) electrons. The van der Waals surface area contributed by atoms with Gasteiger partial charge in [-0.2, -0.15) is 0 Å². The van der Waals surface area contributed by atoms with Gasteiger partial charge in [0.2, 0.25) is 0 Å². The maximum Gasteiger partial charge on any atom is 0.0579 e. The summed E-state index contributed by atoms with van der Waals surface area (Å²) in [6, 6.07) is 17.7. The van der Waals surface area contributed by atoms with Gasteiger partial charge in [0.1, 0.15) is 0 Å². The van der Waals surface area contributed by atoms with E-state index in [0.29, 0.717) is 12.2 Å². The third-order valence-corrected chi connectivity index (χ3v) is 5.77. The topological polar surface area (TPSA) is 9.23 Å². The minimum absolute atomic E-state index is 0.362. The molecule has 2 aromatic carbocycles. The van der Waals surface area contributed by atoms with Crippen LogP contribution in [0.4, 0.5) is 0 Å². The van der Waals surface area contributed by atoms with Crippen LogP contribution in [0.2, 0.25) is 0 Å². The third kappa shape index (κ3) is 6.81. The average Bonchev–Trinajstić information content (AvgIpc) is 2.73. The molecule has 0 amide bonds. The quantitative estimate of drug-likeness (QED) is 0.395. The Morgan fingerprint density at radius 1 is 0.593 bits per heavy atom. The molecule has 0 saturated heterocycles. The predicted octanol–water partition coefficient (Wildman–Crippen LogP) is 6.95. The normalized spacial score (nSPS) is 13.5. The third-order valence-electron chi connectivity index (χ3n) is 5.77. The highest BCUT2D eigenvalue weighted by atomic mass is 16.5. The number of hydrogen-bond acceptors (Lipinski definition) is 1. The molecule has 0 bridgehead atoms. The molecule has 0 heterocycles. The first-order valence-electron chi connectivity index (χ1n) is 11.0. The van der Waals surface area contributed by atoms with E-state index in [1.54, 1.807) is 0 Å². The van der Waals surface area contributed by atoms with Crippen molar-refractivity contribution >= 4 is 0 Å². The number of ether oxygens (including phenoxy) is 1. The van der Waals surface area contributed by atoms with Crippen LogP contribution >= 0.6 is 0 Å². The van der Waals surface area contributed by atoms with E-state index >= 15 is 0 Å². The highest BCUT2D eigenvalue weighted by molar-refractivity contribution is 5.28. The Labute approximate surface area is 167 Å². The lowest BCUT2D eigenvalue weighted by Gasteiger charge is -2.24. The second-order valence-corrected chi connectivity index (χ2v) is 7.52. The van der Waals surface area contributed by atoms with Crippen LogP contribution in [0.15, 0.2) is 48.5 Å². The molecule has 0 saturated carbocycles. The van der Waals surface area contributed by atoms with E-state index in [-0.39, 0.29) is 0 Å². The van der Waals surface area contributed by atoms with Crippen LogP contribution in [-0.2, 0) is 30.4 Å². The van der Waals surface area contributed by atoms with Crippen molar-refractivity contribution in [2.24, 2.45) is 0 Å². The van der Waals surface area contributed by atoms with Crippen LogP contribution < -0.4 is 0 Å². The average molecular weight is 367 g/mol. The van der Waals surface area contributed by atoms with E-state index < -0.39 is 0 Å². The number of hydrogen-bond donors (Lipinski definition) is 0. The summed E-state index contributed by atoms with van der Waals surface area (Å²) in [6.45, 7) is 9.01. The molecule has 27 heavy (non-hydrogen) atoms. The van der Waals surface area contributed by atoms with Crippen LogP contribution in [0.1, 0.15) is 75.6 Å². The van der Waals surface area contributed by atoms with Crippen molar-refractivity contribution < 1.29 is 4.74 Å². The largest absolute Gasteiger partial charge is 0.375 e. The van der Waals surface area contributed by atoms with E-state index in [2.05, 4.69) is 76.2 Å². The summed E-state index contributed by atoms with van der Waals surface area (Å²) in [5, 5.41) is 0. The Balaban J connectivity index is 1.88. The Morgan fingerprint density at radius 3 is 1.30 bits per heavy atom. The molecule has 1 nitrogen and oxygen atoms in total. The summed E-state index contributed by atoms with van der Waals surface area (Å²) in [5.74, 6) is 0. The van der Waals surface area contributed by atoms with Crippen LogP contribution in [0.3, 0.4) is 0 Å². The van der Waals surface area contributed by atoms with Gasteiger partial charge < -0.3 is 4.74 Å². The molecule has 2 unspecified atom stereocenters. The van der Waals surface area contributed by atoms with Gasteiger partial charge in [-0.25, -0.2) is 0 Å². The molecule has 0 aliphatic carbocycles. The molecule has 2 rings (SSSR count). The standard InChI is InChI=1S/C26H38O/c1-5-21-13-9-11-15-23(21)17-19-25(7-3)27-26(8-4)20-18-24-16-12-10-14-22(24)6-2/h9-16,25-26H,5-8,17-20H2,1-4H3. The second kappa shape index (κ2) is 12.0. The molecule has 148 valence electrons. The van der Waals surface area contributed by atoms with Crippen molar-refractivity contribution in [3.05, 3.63) is 70.8 Å². The van der Waals surface area contributed by atoms with Crippen LogP contribution in [-0.4, -0.2) is 12.2 Å². The molecule has 0 aromatic heterocycles. The lowest BCUT2D eigenvalue weighted by atomic mass is 9.97. The van der Waals surface area contributed by atoms with Crippen LogP contribution in [0.25, 0.3) is 0 Å². The Hall–Kier alpha value is -1.60. The zero-order chi connectivity index (χ0) is 19.5. The molecular weight excluding hydrogens is 328 g/mol. The van der Waals surface area contributed by atoms with Crippen molar-refractivity contribution in [1.82, 2.24) is 0 Å². The highest BCUT2D eigenvalue weighted by Crippen LogP contribution is 2.20. The van der Waals surface area contributed by atoms with E-state index in [4.69, 9.17) is 4.74 Å². The van der Waals surface area contributed by atoms with Gasteiger partial charge in [0, 0.05) is 0 Å². The SMILES string of the molecule is CCc1ccccc1CCC(CC)OC(CC)CCc1ccccc1CC. The smallest absolute Gasteiger partial charge is 0.0579 e. The molecule has 2 aromatic rings. The van der Waals surface area contributed by atoms with Gasteiger partial charge >= 0.3 is 0 Å². The number of benzene rings is 2. The molecular formula is C26H38O. The minimum atomic E-state index is 0.362. The Bertz CT molecular complexity index is 603. The van der Waals surface area contributed by atoms with E-state index in [9.17, 15) is 0 Å². The van der Waals surface area contributed by atoms with Crippen molar-refractivity contribution in [2.45, 2.75) is 91.3 Å². The van der Waals surface area contributed by atoms with Crippen molar-refractivity contribution in [3.63, 3.8) is 0 Å². The summed E-state index contributed by atoms with van der Waals surface area (Å²) < 4.78 is 6.54. The summed E-state index contributed by atoms with van der Waals surface area (Å²) in [5.41, 5.74) is 5.95. The van der Waals surface area contributed by atoms with Gasteiger partial charge in [-0.15, -0.1) is 0 Å². The van der Waals surface area contributed by atoms with E-state index in [1.165, 1.54) is 22.3 Å². The highest BCUT2D eigenvalue weighted by Gasteiger charge is 2.15. The fourth-order valence-electron chi connectivity index (χ4n) is 3.93. The van der Waals surface area contributed by atoms with Crippen molar-refractivity contribution in [3.8, 4) is 0 Å². The van der Waals surface area contributed by atoms with Crippen LogP contribution in [0, 0.1) is 0 Å². The van der Waals surface area contributed by atoms with E-state index in [1.807, 2.05) is 0 Å². The van der Waals surface area contributed by atoms with Gasteiger partial charge in [0.25, 0.3) is 0 Å². The fraction of sp³-hybridized carbons (Fsp3) is 0.538. The summed E-state index contributed by atoms with van der Waals surface area (Å²) >= 11 is 0.